The van der Waals surface area contributed by atoms with Crippen LogP contribution in [-0.4, -0.2) is 23.8 Å². The van der Waals surface area contributed by atoms with Crippen LogP contribution in [0, 0.1) is 0 Å². The highest BCUT2D eigenvalue weighted by Gasteiger charge is 2.34. The molecule has 2 atom stereocenters. The van der Waals surface area contributed by atoms with Crippen LogP contribution < -0.4 is 11.1 Å². The highest BCUT2D eigenvalue weighted by molar-refractivity contribution is 5.34. The number of rotatable bonds is 3. The van der Waals surface area contributed by atoms with Crippen LogP contribution in [0.3, 0.4) is 0 Å². The topological polar surface area (TPSA) is 58.3 Å². The zero-order chi connectivity index (χ0) is 11.6. The highest BCUT2D eigenvalue weighted by atomic mass is 16.3. The molecule has 0 fully saturated rings. The van der Waals surface area contributed by atoms with Gasteiger partial charge in [0.1, 0.15) is 0 Å². The van der Waals surface area contributed by atoms with Crippen LogP contribution in [0.25, 0.3) is 0 Å². The second kappa shape index (κ2) is 4.53. The van der Waals surface area contributed by atoms with E-state index in [1.54, 1.807) is 0 Å². The van der Waals surface area contributed by atoms with E-state index in [2.05, 4.69) is 23.5 Å². The lowest BCUT2D eigenvalue weighted by atomic mass is 9.82. The van der Waals surface area contributed by atoms with Crippen molar-refractivity contribution >= 4 is 0 Å². The van der Waals surface area contributed by atoms with Crippen LogP contribution in [0.4, 0.5) is 0 Å². The summed E-state index contributed by atoms with van der Waals surface area (Å²) in [5.74, 6) is 0. The van der Waals surface area contributed by atoms with E-state index in [-0.39, 0.29) is 6.04 Å². The van der Waals surface area contributed by atoms with Gasteiger partial charge in [-0.15, -0.1) is 0 Å². The fourth-order valence-corrected chi connectivity index (χ4v) is 2.50. The molecule has 0 aromatic heterocycles. The van der Waals surface area contributed by atoms with E-state index in [0.29, 0.717) is 13.0 Å². The maximum atomic E-state index is 10.4. The number of fused-ring (bicyclic) bond motifs is 1. The molecule has 3 nitrogen and oxygen atoms in total. The molecule has 2 unspecified atom stereocenters. The monoisotopic (exact) mass is 220 g/mol. The Bertz CT molecular complexity index is 363. The van der Waals surface area contributed by atoms with Crippen molar-refractivity contribution in [2.75, 3.05) is 13.1 Å². The van der Waals surface area contributed by atoms with E-state index < -0.39 is 5.60 Å². The highest BCUT2D eigenvalue weighted by Crippen LogP contribution is 2.32. The van der Waals surface area contributed by atoms with Crippen LogP contribution >= 0.6 is 0 Å². The molecular formula is C13H20N2O. The summed E-state index contributed by atoms with van der Waals surface area (Å²) in [5, 5.41) is 13.8. The number of aliphatic hydroxyl groups is 1. The van der Waals surface area contributed by atoms with Gasteiger partial charge in [0.15, 0.2) is 0 Å². The van der Waals surface area contributed by atoms with Crippen LogP contribution in [0.2, 0.25) is 0 Å². The second-order valence-electron chi connectivity index (χ2n) is 4.73. The molecule has 2 rings (SSSR count). The van der Waals surface area contributed by atoms with Gasteiger partial charge in [-0.1, -0.05) is 24.3 Å². The minimum Gasteiger partial charge on any atom is -0.388 e. The molecule has 0 radical (unpaired) electrons. The van der Waals surface area contributed by atoms with Gasteiger partial charge >= 0.3 is 0 Å². The number of hydrogen-bond acceptors (Lipinski definition) is 3. The third-order valence-electron chi connectivity index (χ3n) is 3.38. The van der Waals surface area contributed by atoms with Crippen LogP contribution in [0.5, 0.6) is 0 Å². The largest absolute Gasteiger partial charge is 0.388 e. The van der Waals surface area contributed by atoms with E-state index >= 15 is 0 Å². The van der Waals surface area contributed by atoms with Gasteiger partial charge in [-0.25, -0.2) is 0 Å². The van der Waals surface area contributed by atoms with Gasteiger partial charge in [0, 0.05) is 0 Å². The Hall–Kier alpha value is -0.900. The molecule has 1 heterocycles. The molecule has 1 aromatic carbocycles. The molecule has 0 saturated carbocycles. The lowest BCUT2D eigenvalue weighted by molar-refractivity contribution is 0.0105. The van der Waals surface area contributed by atoms with Gasteiger partial charge in [0.2, 0.25) is 0 Å². The van der Waals surface area contributed by atoms with Crippen molar-refractivity contribution in [1.29, 1.82) is 0 Å². The lowest BCUT2D eigenvalue weighted by Gasteiger charge is -2.37. The van der Waals surface area contributed by atoms with Crippen LogP contribution in [0.1, 0.15) is 30.5 Å². The van der Waals surface area contributed by atoms with Crippen molar-refractivity contribution in [1.82, 2.24) is 5.32 Å². The third-order valence-corrected chi connectivity index (χ3v) is 3.38. The molecule has 1 aromatic rings. The first kappa shape index (κ1) is 11.6. The minimum atomic E-state index is -0.773. The summed E-state index contributed by atoms with van der Waals surface area (Å²) in [7, 11) is 0. The number of benzene rings is 1. The zero-order valence-corrected chi connectivity index (χ0v) is 9.74. The first-order valence-electron chi connectivity index (χ1n) is 5.89. The summed E-state index contributed by atoms with van der Waals surface area (Å²) >= 11 is 0. The summed E-state index contributed by atoms with van der Waals surface area (Å²) in [6, 6.07) is 8.32. The first-order chi connectivity index (χ1) is 7.65. The number of hydrogen-bond donors (Lipinski definition) is 3. The van der Waals surface area contributed by atoms with Crippen molar-refractivity contribution in [3.05, 3.63) is 35.4 Å². The third kappa shape index (κ3) is 2.12. The van der Waals surface area contributed by atoms with E-state index in [1.165, 1.54) is 11.1 Å². The van der Waals surface area contributed by atoms with Gasteiger partial charge < -0.3 is 16.2 Å². The van der Waals surface area contributed by atoms with E-state index in [4.69, 9.17) is 5.73 Å². The van der Waals surface area contributed by atoms with Gasteiger partial charge in [0.05, 0.1) is 11.6 Å². The molecule has 0 amide bonds. The Morgan fingerprint density at radius 3 is 3.00 bits per heavy atom. The molecule has 0 bridgehead atoms. The average molecular weight is 220 g/mol. The van der Waals surface area contributed by atoms with Crippen LogP contribution in [-0.2, 0) is 6.42 Å². The Labute approximate surface area is 96.7 Å². The van der Waals surface area contributed by atoms with E-state index in [1.807, 2.05) is 13.0 Å². The smallest absolute Gasteiger partial charge is 0.0825 e. The molecule has 0 spiro atoms. The molecule has 88 valence electrons. The van der Waals surface area contributed by atoms with Gasteiger partial charge in [-0.3, -0.25) is 0 Å². The molecule has 16 heavy (non-hydrogen) atoms. The van der Waals surface area contributed by atoms with Crippen molar-refractivity contribution in [2.45, 2.75) is 31.4 Å². The Balaban J connectivity index is 2.31. The average Bonchev–Trinajstić information content (AvgIpc) is 2.28. The summed E-state index contributed by atoms with van der Waals surface area (Å²) in [5.41, 5.74) is 7.33. The van der Waals surface area contributed by atoms with Crippen molar-refractivity contribution in [3.63, 3.8) is 0 Å². The van der Waals surface area contributed by atoms with Gasteiger partial charge in [0.25, 0.3) is 0 Å². The SMILES string of the molecule is CC(O)(CCN)C1NCCc2ccccc21. The van der Waals surface area contributed by atoms with Gasteiger partial charge in [-0.2, -0.15) is 0 Å². The molecule has 3 heteroatoms. The van der Waals surface area contributed by atoms with Crippen LogP contribution in [0.15, 0.2) is 24.3 Å². The number of nitrogens with one attached hydrogen (secondary N) is 1. The first-order valence-corrected chi connectivity index (χ1v) is 5.89. The van der Waals surface area contributed by atoms with E-state index in [9.17, 15) is 5.11 Å². The minimum absolute atomic E-state index is 0.000926. The fourth-order valence-electron chi connectivity index (χ4n) is 2.50. The molecule has 0 aliphatic carbocycles. The molecular weight excluding hydrogens is 200 g/mol. The molecule has 1 aliphatic heterocycles. The second-order valence-corrected chi connectivity index (χ2v) is 4.73. The predicted octanol–water partition coefficient (Wildman–Crippen LogP) is 0.973. The fraction of sp³-hybridized carbons (Fsp3) is 0.538. The van der Waals surface area contributed by atoms with Crippen molar-refractivity contribution in [2.24, 2.45) is 5.73 Å². The normalized spacial score (nSPS) is 23.6. The Morgan fingerprint density at radius 2 is 2.25 bits per heavy atom. The summed E-state index contributed by atoms with van der Waals surface area (Å²) in [4.78, 5) is 0. The summed E-state index contributed by atoms with van der Waals surface area (Å²) in [6.45, 7) is 3.29. The van der Waals surface area contributed by atoms with E-state index in [0.717, 1.165) is 13.0 Å². The standard InChI is InChI=1S/C13H20N2O/c1-13(16,7-8-14)12-11-5-3-2-4-10(11)6-9-15-12/h2-5,12,15-16H,6-9,14H2,1H3. The Kier molecular flexibility index (Phi) is 3.28. The maximum absolute atomic E-state index is 10.4. The Morgan fingerprint density at radius 1 is 1.50 bits per heavy atom. The molecule has 4 N–H and O–H groups in total. The van der Waals surface area contributed by atoms with Crippen molar-refractivity contribution in [3.8, 4) is 0 Å². The van der Waals surface area contributed by atoms with Gasteiger partial charge in [-0.05, 0) is 44.0 Å². The predicted molar refractivity (Wildman–Crippen MR) is 65.2 cm³/mol. The number of nitrogens with two attached hydrogens (primary N) is 1. The quantitative estimate of drug-likeness (QED) is 0.711. The summed E-state index contributed by atoms with van der Waals surface area (Å²) in [6.07, 6.45) is 1.64. The van der Waals surface area contributed by atoms with Crippen molar-refractivity contribution < 1.29 is 5.11 Å². The lowest BCUT2D eigenvalue weighted by Crippen LogP contribution is -2.46. The molecule has 0 saturated heterocycles. The molecule has 1 aliphatic rings. The zero-order valence-electron chi connectivity index (χ0n) is 9.74. The maximum Gasteiger partial charge on any atom is 0.0825 e. The summed E-state index contributed by atoms with van der Waals surface area (Å²) < 4.78 is 0.